The highest BCUT2D eigenvalue weighted by Crippen LogP contribution is 2.18. The lowest BCUT2D eigenvalue weighted by Crippen LogP contribution is -2.45. The van der Waals surface area contributed by atoms with Gasteiger partial charge in [0.15, 0.2) is 11.6 Å². The quantitative estimate of drug-likeness (QED) is 0.836. The molecule has 0 aliphatic carbocycles. The number of rotatable bonds is 3. The summed E-state index contributed by atoms with van der Waals surface area (Å²) in [5.74, 6) is -0.275. The van der Waals surface area contributed by atoms with Crippen molar-refractivity contribution in [2.24, 2.45) is 0 Å². The summed E-state index contributed by atoms with van der Waals surface area (Å²) in [5.41, 5.74) is 0.641. The van der Waals surface area contributed by atoms with Crippen LogP contribution in [0.15, 0.2) is 24.3 Å². The number of nitrogens with one attached hydrogen (secondary N) is 1. The van der Waals surface area contributed by atoms with E-state index < -0.39 is 5.82 Å². The highest BCUT2D eigenvalue weighted by molar-refractivity contribution is 5.91. The fourth-order valence-corrected chi connectivity index (χ4v) is 1.94. The molecule has 1 aromatic rings. The molecule has 1 fully saturated rings. The van der Waals surface area contributed by atoms with E-state index in [9.17, 15) is 9.18 Å². The molecule has 0 radical (unpaired) electrons. The molecule has 102 valence electrons. The Kier molecular flexibility index (Phi) is 4.52. The lowest BCUT2D eigenvalue weighted by atomic mass is 10.2. The fraction of sp³-hybridized carbons (Fsp3) is 0.357. The first kappa shape index (κ1) is 13.5. The molecule has 0 bridgehead atoms. The van der Waals surface area contributed by atoms with Crippen LogP contribution >= 0.6 is 0 Å². The summed E-state index contributed by atoms with van der Waals surface area (Å²) in [5, 5.41) is 3.18. The molecule has 5 heteroatoms. The lowest BCUT2D eigenvalue weighted by Gasteiger charge is -2.26. The number of amides is 1. The van der Waals surface area contributed by atoms with Crippen LogP contribution in [-0.4, -0.2) is 44.1 Å². The minimum absolute atomic E-state index is 0.0438. The van der Waals surface area contributed by atoms with Crippen molar-refractivity contribution in [3.8, 4) is 5.75 Å². The Bertz CT molecular complexity index is 482. The second-order valence-electron chi connectivity index (χ2n) is 4.30. The number of carbonyl (C=O) groups excluding carboxylic acids is 1. The van der Waals surface area contributed by atoms with Gasteiger partial charge in [-0.1, -0.05) is 6.07 Å². The van der Waals surface area contributed by atoms with Gasteiger partial charge in [0.1, 0.15) is 0 Å². The average molecular weight is 264 g/mol. The van der Waals surface area contributed by atoms with E-state index in [-0.39, 0.29) is 11.7 Å². The van der Waals surface area contributed by atoms with Crippen LogP contribution in [0.2, 0.25) is 0 Å². The van der Waals surface area contributed by atoms with Crippen molar-refractivity contribution in [3.63, 3.8) is 0 Å². The Morgan fingerprint density at radius 3 is 2.79 bits per heavy atom. The van der Waals surface area contributed by atoms with E-state index in [1.807, 2.05) is 0 Å². The maximum absolute atomic E-state index is 13.5. The summed E-state index contributed by atoms with van der Waals surface area (Å²) >= 11 is 0. The van der Waals surface area contributed by atoms with Gasteiger partial charge >= 0.3 is 0 Å². The summed E-state index contributed by atoms with van der Waals surface area (Å²) in [6, 6.07) is 4.61. The first-order valence-corrected chi connectivity index (χ1v) is 6.22. The van der Waals surface area contributed by atoms with Gasteiger partial charge in [-0.25, -0.2) is 4.39 Å². The van der Waals surface area contributed by atoms with Crippen molar-refractivity contribution < 1.29 is 13.9 Å². The molecule has 1 amide bonds. The van der Waals surface area contributed by atoms with E-state index in [2.05, 4.69) is 5.32 Å². The van der Waals surface area contributed by atoms with Gasteiger partial charge in [0, 0.05) is 32.3 Å². The van der Waals surface area contributed by atoms with Gasteiger partial charge in [-0.2, -0.15) is 0 Å². The molecule has 0 aromatic heterocycles. The number of hydrogen-bond acceptors (Lipinski definition) is 3. The van der Waals surface area contributed by atoms with Gasteiger partial charge in [-0.3, -0.25) is 4.79 Å². The largest absolute Gasteiger partial charge is 0.494 e. The highest BCUT2D eigenvalue weighted by Gasteiger charge is 2.13. The molecule has 1 aliphatic rings. The molecule has 1 aliphatic heterocycles. The highest BCUT2D eigenvalue weighted by atomic mass is 19.1. The molecule has 0 spiro atoms. The SMILES string of the molecule is COc1ccc(/C=C/C(=O)N2CCNCC2)cc1F. The second-order valence-corrected chi connectivity index (χ2v) is 4.30. The number of benzene rings is 1. The minimum Gasteiger partial charge on any atom is -0.494 e. The monoisotopic (exact) mass is 264 g/mol. The average Bonchev–Trinajstić information content (AvgIpc) is 2.46. The Morgan fingerprint density at radius 1 is 1.42 bits per heavy atom. The number of nitrogens with zero attached hydrogens (tertiary/aromatic N) is 1. The minimum atomic E-state index is -0.431. The maximum atomic E-state index is 13.5. The van der Waals surface area contributed by atoms with Crippen molar-refractivity contribution in [3.05, 3.63) is 35.7 Å². The van der Waals surface area contributed by atoms with Gasteiger partial charge in [0.2, 0.25) is 5.91 Å². The van der Waals surface area contributed by atoms with Gasteiger partial charge in [-0.05, 0) is 23.8 Å². The first-order chi connectivity index (χ1) is 9.20. The van der Waals surface area contributed by atoms with Crippen LogP contribution in [0.3, 0.4) is 0 Å². The third kappa shape index (κ3) is 3.54. The molecular formula is C14H17FN2O2. The summed E-state index contributed by atoms with van der Waals surface area (Å²) in [6.07, 6.45) is 3.10. The number of carbonyl (C=O) groups is 1. The van der Waals surface area contributed by atoms with Gasteiger partial charge in [-0.15, -0.1) is 0 Å². The van der Waals surface area contributed by atoms with Crippen LogP contribution in [0.1, 0.15) is 5.56 Å². The molecule has 1 saturated heterocycles. The molecule has 1 aromatic carbocycles. The Morgan fingerprint density at radius 2 is 2.16 bits per heavy atom. The summed E-state index contributed by atoms with van der Waals surface area (Å²) < 4.78 is 18.3. The molecule has 1 heterocycles. The topological polar surface area (TPSA) is 41.6 Å². The van der Waals surface area contributed by atoms with E-state index in [1.54, 1.807) is 23.1 Å². The molecular weight excluding hydrogens is 247 g/mol. The summed E-state index contributed by atoms with van der Waals surface area (Å²) in [7, 11) is 1.42. The third-order valence-electron chi connectivity index (χ3n) is 3.02. The number of hydrogen-bond donors (Lipinski definition) is 1. The molecule has 0 unspecified atom stereocenters. The van der Waals surface area contributed by atoms with Crippen LogP contribution < -0.4 is 10.1 Å². The number of ether oxygens (including phenoxy) is 1. The van der Waals surface area contributed by atoms with E-state index in [0.29, 0.717) is 18.7 Å². The predicted octanol–water partition coefficient (Wildman–Crippen LogP) is 1.28. The standard InChI is InChI=1S/C14H17FN2O2/c1-19-13-4-2-11(10-12(13)15)3-5-14(18)17-8-6-16-7-9-17/h2-5,10,16H,6-9H2,1H3/b5-3+. The van der Waals surface area contributed by atoms with E-state index in [1.165, 1.54) is 19.3 Å². The van der Waals surface area contributed by atoms with Crippen molar-refractivity contribution >= 4 is 12.0 Å². The van der Waals surface area contributed by atoms with Crippen molar-refractivity contribution in [1.82, 2.24) is 10.2 Å². The zero-order chi connectivity index (χ0) is 13.7. The van der Waals surface area contributed by atoms with E-state index >= 15 is 0 Å². The van der Waals surface area contributed by atoms with Crippen molar-refractivity contribution in [2.75, 3.05) is 33.3 Å². The van der Waals surface area contributed by atoms with Crippen molar-refractivity contribution in [2.45, 2.75) is 0 Å². The van der Waals surface area contributed by atoms with Crippen LogP contribution in [0.25, 0.3) is 6.08 Å². The van der Waals surface area contributed by atoms with Gasteiger partial charge in [0.05, 0.1) is 7.11 Å². The zero-order valence-electron chi connectivity index (χ0n) is 10.9. The third-order valence-corrected chi connectivity index (χ3v) is 3.02. The number of piperazine rings is 1. The van der Waals surface area contributed by atoms with Crippen LogP contribution in [0.5, 0.6) is 5.75 Å². The molecule has 1 N–H and O–H groups in total. The molecule has 0 atom stereocenters. The zero-order valence-corrected chi connectivity index (χ0v) is 10.9. The van der Waals surface area contributed by atoms with Crippen molar-refractivity contribution in [1.29, 1.82) is 0 Å². The lowest BCUT2D eigenvalue weighted by molar-refractivity contribution is -0.126. The Balaban J connectivity index is 2.01. The normalized spacial score (nSPS) is 15.8. The second kappa shape index (κ2) is 6.33. The number of halogens is 1. The van der Waals surface area contributed by atoms with E-state index in [4.69, 9.17) is 4.74 Å². The molecule has 0 saturated carbocycles. The van der Waals surface area contributed by atoms with Crippen LogP contribution in [0.4, 0.5) is 4.39 Å². The Labute approximate surface area is 111 Å². The molecule has 2 rings (SSSR count). The van der Waals surface area contributed by atoms with Crippen LogP contribution in [-0.2, 0) is 4.79 Å². The summed E-state index contributed by atoms with van der Waals surface area (Å²) in [4.78, 5) is 13.6. The summed E-state index contributed by atoms with van der Waals surface area (Å²) in [6.45, 7) is 3.05. The first-order valence-electron chi connectivity index (χ1n) is 6.22. The predicted molar refractivity (Wildman–Crippen MR) is 71.4 cm³/mol. The molecule has 19 heavy (non-hydrogen) atoms. The van der Waals surface area contributed by atoms with Crippen LogP contribution in [0, 0.1) is 5.82 Å². The maximum Gasteiger partial charge on any atom is 0.246 e. The van der Waals surface area contributed by atoms with Gasteiger partial charge in [0.25, 0.3) is 0 Å². The van der Waals surface area contributed by atoms with E-state index in [0.717, 1.165) is 13.1 Å². The Hall–Kier alpha value is -1.88. The van der Waals surface area contributed by atoms with Gasteiger partial charge < -0.3 is 15.0 Å². The smallest absolute Gasteiger partial charge is 0.246 e. The fourth-order valence-electron chi connectivity index (χ4n) is 1.94. The number of methoxy groups -OCH3 is 1. The molecule has 4 nitrogen and oxygen atoms in total.